The third-order valence-electron chi connectivity index (χ3n) is 4.24. The van der Waals surface area contributed by atoms with Crippen LogP contribution in [0, 0.1) is 0 Å². The van der Waals surface area contributed by atoms with Crippen molar-refractivity contribution in [3.05, 3.63) is 69.2 Å². The van der Waals surface area contributed by atoms with Gasteiger partial charge in [0.2, 0.25) is 10.0 Å². The first-order valence-corrected chi connectivity index (χ1v) is 13.6. The molecule has 3 aromatic rings. The van der Waals surface area contributed by atoms with Gasteiger partial charge >= 0.3 is 0 Å². The molecule has 0 saturated carbocycles. The second kappa shape index (κ2) is 9.59. The van der Waals surface area contributed by atoms with E-state index in [2.05, 4.69) is 10.0 Å². The largest absolute Gasteiger partial charge is 0.347 e. The van der Waals surface area contributed by atoms with E-state index in [9.17, 15) is 21.6 Å². The van der Waals surface area contributed by atoms with Crippen molar-refractivity contribution in [2.45, 2.75) is 22.2 Å². The summed E-state index contributed by atoms with van der Waals surface area (Å²) in [5.41, 5.74) is 0.301. The molecule has 0 unspecified atom stereocenters. The van der Waals surface area contributed by atoms with Crippen LogP contribution in [0.4, 0.5) is 0 Å². The quantitative estimate of drug-likeness (QED) is 0.470. The van der Waals surface area contributed by atoms with Crippen LogP contribution < -0.4 is 10.0 Å². The summed E-state index contributed by atoms with van der Waals surface area (Å²) in [6.45, 7) is 0.365. The molecule has 2 heterocycles. The van der Waals surface area contributed by atoms with Gasteiger partial charge in [-0.15, -0.1) is 22.7 Å². The van der Waals surface area contributed by atoms with E-state index in [-0.39, 0.29) is 28.1 Å². The minimum Gasteiger partial charge on any atom is -0.347 e. The highest BCUT2D eigenvalue weighted by Gasteiger charge is 2.20. The highest BCUT2D eigenvalue weighted by molar-refractivity contribution is 7.91. The number of thiophene rings is 2. The van der Waals surface area contributed by atoms with E-state index in [4.69, 9.17) is 0 Å². The third-order valence-corrected chi connectivity index (χ3v) is 9.90. The van der Waals surface area contributed by atoms with Crippen LogP contribution in [0.1, 0.15) is 20.1 Å². The second-order valence-electron chi connectivity index (χ2n) is 6.62. The number of sulfonamides is 2. The molecule has 0 aliphatic carbocycles. The Kier molecular flexibility index (Phi) is 7.29. The van der Waals surface area contributed by atoms with Crippen molar-refractivity contribution in [3.63, 3.8) is 0 Å². The molecule has 0 bridgehead atoms. The first kappa shape index (κ1) is 23.6. The van der Waals surface area contributed by atoms with Gasteiger partial charge in [-0.05, 0) is 47.8 Å². The fourth-order valence-electron chi connectivity index (χ4n) is 2.49. The maximum absolute atomic E-state index is 12.4. The minimum absolute atomic E-state index is 0.0670. The highest BCUT2D eigenvalue weighted by atomic mass is 32.2. The molecule has 0 aliphatic rings. The number of rotatable bonds is 9. The lowest BCUT2D eigenvalue weighted by Gasteiger charge is -2.08. The summed E-state index contributed by atoms with van der Waals surface area (Å²) < 4.78 is 52.9. The zero-order chi connectivity index (χ0) is 22.6. The molecule has 0 radical (unpaired) electrons. The maximum atomic E-state index is 12.4. The molecule has 31 heavy (non-hydrogen) atoms. The molecule has 3 rings (SSSR count). The van der Waals surface area contributed by atoms with Crippen molar-refractivity contribution in [1.82, 2.24) is 14.3 Å². The van der Waals surface area contributed by atoms with Gasteiger partial charge in [-0.1, -0.05) is 6.07 Å². The summed E-state index contributed by atoms with van der Waals surface area (Å²) in [5, 5.41) is 4.58. The Balaban J connectivity index is 1.60. The van der Waals surface area contributed by atoms with E-state index in [1.165, 1.54) is 55.8 Å². The van der Waals surface area contributed by atoms with Crippen molar-refractivity contribution in [3.8, 4) is 0 Å². The number of amides is 1. The molecule has 166 valence electrons. The Labute approximate surface area is 189 Å². The van der Waals surface area contributed by atoms with Gasteiger partial charge in [-0.2, -0.15) is 0 Å². The standard InChI is InChI=1S/C19H21N3O5S4/c1-22(2)31(26,27)18-10-7-16(29-18)12-20-19(23)14-5-8-17(9-6-14)30(24,25)21-13-15-4-3-11-28-15/h3-11,21H,12-13H2,1-2H3,(H,20,23). The average molecular weight is 500 g/mol. The summed E-state index contributed by atoms with van der Waals surface area (Å²) >= 11 is 2.54. The summed E-state index contributed by atoms with van der Waals surface area (Å²) in [6, 6.07) is 12.5. The molecule has 0 atom stereocenters. The van der Waals surface area contributed by atoms with Crippen LogP contribution in [0.15, 0.2) is 63.0 Å². The molecule has 0 saturated heterocycles. The lowest BCUT2D eigenvalue weighted by atomic mass is 10.2. The van der Waals surface area contributed by atoms with Crippen LogP contribution in [-0.4, -0.2) is 41.1 Å². The van der Waals surface area contributed by atoms with Crippen LogP contribution in [0.2, 0.25) is 0 Å². The van der Waals surface area contributed by atoms with E-state index in [1.54, 1.807) is 6.07 Å². The second-order valence-corrected chi connectivity index (χ2v) is 13.0. The van der Waals surface area contributed by atoms with Gasteiger partial charge in [0.1, 0.15) is 4.21 Å². The first-order valence-electron chi connectivity index (χ1n) is 9.01. The molecular weight excluding hydrogens is 478 g/mol. The molecule has 0 fully saturated rings. The molecule has 0 spiro atoms. The van der Waals surface area contributed by atoms with Crippen molar-refractivity contribution in [2.75, 3.05) is 14.1 Å². The van der Waals surface area contributed by atoms with Crippen LogP contribution in [0.3, 0.4) is 0 Å². The van der Waals surface area contributed by atoms with Crippen LogP contribution >= 0.6 is 22.7 Å². The smallest absolute Gasteiger partial charge is 0.252 e. The zero-order valence-corrected chi connectivity index (χ0v) is 20.0. The molecule has 1 amide bonds. The van der Waals surface area contributed by atoms with E-state index in [1.807, 2.05) is 17.5 Å². The lowest BCUT2D eigenvalue weighted by Crippen LogP contribution is -2.24. The zero-order valence-electron chi connectivity index (χ0n) is 16.7. The molecule has 8 nitrogen and oxygen atoms in total. The number of nitrogens with one attached hydrogen (secondary N) is 2. The Morgan fingerprint density at radius 3 is 2.26 bits per heavy atom. The number of benzene rings is 1. The maximum Gasteiger partial charge on any atom is 0.252 e. The number of carbonyl (C=O) groups is 1. The molecule has 0 aliphatic heterocycles. The van der Waals surface area contributed by atoms with E-state index in [0.29, 0.717) is 10.4 Å². The van der Waals surface area contributed by atoms with Gasteiger partial charge < -0.3 is 5.32 Å². The number of nitrogens with zero attached hydrogens (tertiary/aromatic N) is 1. The van der Waals surface area contributed by atoms with E-state index < -0.39 is 20.0 Å². The summed E-state index contributed by atoms with van der Waals surface area (Å²) in [5.74, 6) is -0.388. The third kappa shape index (κ3) is 5.79. The minimum atomic E-state index is -3.69. The number of carbonyl (C=O) groups excluding carboxylic acids is 1. The lowest BCUT2D eigenvalue weighted by molar-refractivity contribution is 0.0951. The SMILES string of the molecule is CN(C)S(=O)(=O)c1ccc(CNC(=O)c2ccc(S(=O)(=O)NCc3cccs3)cc2)s1. The average Bonchev–Trinajstić information content (AvgIpc) is 3.43. The van der Waals surface area contributed by atoms with Crippen molar-refractivity contribution < 1.29 is 21.6 Å². The summed E-state index contributed by atoms with van der Waals surface area (Å²) in [4.78, 5) is 14.0. The van der Waals surface area contributed by atoms with Crippen LogP contribution in [-0.2, 0) is 33.1 Å². The first-order chi connectivity index (χ1) is 14.6. The van der Waals surface area contributed by atoms with E-state index in [0.717, 1.165) is 20.5 Å². The molecule has 1 aromatic carbocycles. The van der Waals surface area contributed by atoms with Crippen LogP contribution in [0.5, 0.6) is 0 Å². The molecule has 2 N–H and O–H groups in total. The van der Waals surface area contributed by atoms with Crippen molar-refractivity contribution in [2.24, 2.45) is 0 Å². The van der Waals surface area contributed by atoms with Gasteiger partial charge in [0.05, 0.1) is 11.4 Å². The number of hydrogen-bond acceptors (Lipinski definition) is 7. The Morgan fingerprint density at radius 2 is 1.65 bits per heavy atom. The highest BCUT2D eigenvalue weighted by Crippen LogP contribution is 2.23. The summed E-state index contributed by atoms with van der Waals surface area (Å²) in [7, 11) is -4.28. The topological polar surface area (TPSA) is 113 Å². The number of hydrogen-bond donors (Lipinski definition) is 2. The molecule has 12 heteroatoms. The normalized spacial score (nSPS) is 12.2. The molecular formula is C19H21N3O5S4. The van der Waals surface area contributed by atoms with Gasteiger partial charge in [-0.3, -0.25) is 4.79 Å². The van der Waals surface area contributed by atoms with Crippen molar-refractivity contribution in [1.29, 1.82) is 0 Å². The predicted octanol–water partition coefficient (Wildman–Crippen LogP) is 2.47. The summed E-state index contributed by atoms with van der Waals surface area (Å²) in [6.07, 6.45) is 0. The van der Waals surface area contributed by atoms with Gasteiger partial charge in [0.25, 0.3) is 15.9 Å². The van der Waals surface area contributed by atoms with Gasteiger partial charge in [0.15, 0.2) is 0 Å². The van der Waals surface area contributed by atoms with Crippen LogP contribution in [0.25, 0.3) is 0 Å². The Bertz CT molecular complexity index is 1250. The van der Waals surface area contributed by atoms with E-state index >= 15 is 0 Å². The Hall–Kier alpha value is -2.09. The fraction of sp³-hybridized carbons (Fsp3) is 0.211. The predicted molar refractivity (Wildman–Crippen MR) is 121 cm³/mol. The van der Waals surface area contributed by atoms with Crippen molar-refractivity contribution >= 4 is 48.6 Å². The molecule has 2 aromatic heterocycles. The van der Waals surface area contributed by atoms with Gasteiger partial charge in [-0.25, -0.2) is 25.9 Å². The monoisotopic (exact) mass is 499 g/mol. The van der Waals surface area contributed by atoms with Gasteiger partial charge in [0, 0.05) is 36.0 Å². The Morgan fingerprint density at radius 1 is 0.935 bits per heavy atom. The fourth-order valence-corrected chi connectivity index (χ4v) is 6.70.